The Morgan fingerprint density at radius 1 is 0.964 bits per heavy atom. The van der Waals surface area contributed by atoms with Crippen LogP contribution in [0.15, 0.2) is 54.6 Å². The van der Waals surface area contributed by atoms with Gasteiger partial charge in [0.2, 0.25) is 11.7 Å². The number of benzene rings is 2. The van der Waals surface area contributed by atoms with Crippen molar-refractivity contribution in [3.05, 3.63) is 60.2 Å². The third kappa shape index (κ3) is 4.68. The van der Waals surface area contributed by atoms with E-state index < -0.39 is 11.7 Å². The molecule has 2 aromatic carbocycles. The lowest BCUT2D eigenvalue weighted by molar-refractivity contribution is -0.132. The number of piperazine rings is 1. The van der Waals surface area contributed by atoms with Gasteiger partial charge in [0.15, 0.2) is 0 Å². The van der Waals surface area contributed by atoms with Gasteiger partial charge in [0.25, 0.3) is 5.91 Å². The summed E-state index contributed by atoms with van der Waals surface area (Å²) < 4.78 is 5.25. The number of hydrogen-bond donors (Lipinski definition) is 1. The van der Waals surface area contributed by atoms with Crippen molar-refractivity contribution in [1.82, 2.24) is 10.2 Å². The highest BCUT2D eigenvalue weighted by molar-refractivity contribution is 6.43. The first-order valence-corrected chi connectivity index (χ1v) is 9.13. The van der Waals surface area contributed by atoms with E-state index >= 15 is 0 Å². The number of Topliss-reactive ketones (excluding diaryl/α,β-unsaturated/α-hetero) is 1. The fourth-order valence-corrected chi connectivity index (χ4v) is 3.09. The molecule has 2 aromatic rings. The van der Waals surface area contributed by atoms with Crippen LogP contribution in [0.2, 0.25) is 0 Å². The number of nitrogens with zero attached hydrogens (tertiary/aromatic N) is 2. The van der Waals surface area contributed by atoms with Crippen molar-refractivity contribution in [2.45, 2.75) is 0 Å². The van der Waals surface area contributed by atoms with Gasteiger partial charge in [-0.05, 0) is 12.1 Å². The normalized spacial score (nSPS) is 13.8. The van der Waals surface area contributed by atoms with Crippen molar-refractivity contribution in [3.63, 3.8) is 0 Å². The first kappa shape index (κ1) is 19.4. The second-order valence-corrected chi connectivity index (χ2v) is 6.45. The van der Waals surface area contributed by atoms with E-state index in [1.807, 2.05) is 24.3 Å². The minimum atomic E-state index is -0.769. The van der Waals surface area contributed by atoms with Gasteiger partial charge in [-0.15, -0.1) is 0 Å². The van der Waals surface area contributed by atoms with Crippen LogP contribution in [0.5, 0.6) is 5.75 Å². The number of carbonyl (C=O) groups is 3. The molecule has 3 rings (SSSR count). The molecule has 0 radical (unpaired) electrons. The van der Waals surface area contributed by atoms with Crippen molar-refractivity contribution in [2.24, 2.45) is 0 Å². The molecule has 1 N–H and O–H groups in total. The largest absolute Gasteiger partial charge is 0.497 e. The SMILES string of the molecule is COc1cccc(N2CCN(C(=O)CNC(=O)C(=O)c3ccccc3)CC2)c1. The average molecular weight is 381 g/mol. The van der Waals surface area contributed by atoms with Crippen molar-refractivity contribution in [3.8, 4) is 5.75 Å². The number of rotatable bonds is 6. The van der Waals surface area contributed by atoms with Gasteiger partial charge in [-0.2, -0.15) is 0 Å². The van der Waals surface area contributed by atoms with Gasteiger partial charge in [0.1, 0.15) is 5.75 Å². The topological polar surface area (TPSA) is 79.0 Å². The van der Waals surface area contributed by atoms with Crippen molar-refractivity contribution < 1.29 is 19.1 Å². The average Bonchev–Trinajstić information content (AvgIpc) is 2.77. The van der Waals surface area contributed by atoms with Crippen LogP contribution in [0, 0.1) is 0 Å². The van der Waals surface area contributed by atoms with E-state index in [0.717, 1.165) is 11.4 Å². The van der Waals surface area contributed by atoms with Crippen LogP contribution in [0.1, 0.15) is 10.4 Å². The quantitative estimate of drug-likeness (QED) is 0.604. The summed E-state index contributed by atoms with van der Waals surface area (Å²) in [5, 5.41) is 2.43. The molecular formula is C21H23N3O4. The monoisotopic (exact) mass is 381 g/mol. The third-order valence-electron chi connectivity index (χ3n) is 4.69. The lowest BCUT2D eigenvalue weighted by atomic mass is 10.1. The maximum absolute atomic E-state index is 12.4. The van der Waals surface area contributed by atoms with Gasteiger partial charge in [-0.25, -0.2) is 0 Å². The summed E-state index contributed by atoms with van der Waals surface area (Å²) in [4.78, 5) is 40.3. The summed E-state index contributed by atoms with van der Waals surface area (Å²) in [6, 6.07) is 16.1. The second kappa shape index (κ2) is 9.03. The summed E-state index contributed by atoms with van der Waals surface area (Å²) in [7, 11) is 1.63. The molecule has 0 bridgehead atoms. The molecule has 1 saturated heterocycles. The molecule has 1 aliphatic rings. The predicted molar refractivity (Wildman–Crippen MR) is 106 cm³/mol. The van der Waals surface area contributed by atoms with Crippen LogP contribution < -0.4 is 15.0 Å². The Balaban J connectivity index is 1.47. The number of methoxy groups -OCH3 is 1. The Kier molecular flexibility index (Phi) is 6.26. The molecule has 0 atom stereocenters. The van der Waals surface area contributed by atoms with E-state index in [0.29, 0.717) is 31.7 Å². The van der Waals surface area contributed by atoms with Gasteiger partial charge in [0, 0.05) is 43.5 Å². The number of anilines is 1. The molecule has 2 amide bonds. The second-order valence-electron chi connectivity index (χ2n) is 6.45. The Bertz CT molecular complexity index is 846. The van der Waals surface area contributed by atoms with Crippen molar-refractivity contribution >= 4 is 23.3 Å². The van der Waals surface area contributed by atoms with Crippen LogP contribution in [0.25, 0.3) is 0 Å². The highest BCUT2D eigenvalue weighted by atomic mass is 16.5. The summed E-state index contributed by atoms with van der Waals surface area (Å²) in [5.41, 5.74) is 1.35. The van der Waals surface area contributed by atoms with E-state index in [1.54, 1.807) is 42.3 Å². The molecule has 1 heterocycles. The Morgan fingerprint density at radius 3 is 2.36 bits per heavy atom. The predicted octanol–water partition coefficient (Wildman–Crippen LogP) is 1.34. The summed E-state index contributed by atoms with van der Waals surface area (Å²) >= 11 is 0. The standard InChI is InChI=1S/C21H23N3O4/c1-28-18-9-5-8-17(14-18)23-10-12-24(13-11-23)19(25)15-22-21(27)20(26)16-6-3-2-4-7-16/h2-9,14H,10-13,15H2,1H3,(H,22,27). The number of ether oxygens (including phenoxy) is 1. The molecule has 28 heavy (non-hydrogen) atoms. The Hall–Kier alpha value is -3.35. The van der Waals surface area contributed by atoms with Crippen LogP contribution in [0.4, 0.5) is 5.69 Å². The van der Waals surface area contributed by atoms with Crippen LogP contribution >= 0.6 is 0 Å². The molecule has 0 saturated carbocycles. The molecule has 0 spiro atoms. The minimum Gasteiger partial charge on any atom is -0.497 e. The van der Waals surface area contributed by atoms with Gasteiger partial charge in [0.05, 0.1) is 13.7 Å². The number of ketones is 1. The molecule has 7 nitrogen and oxygen atoms in total. The highest BCUT2D eigenvalue weighted by Gasteiger charge is 2.23. The third-order valence-corrected chi connectivity index (χ3v) is 4.69. The van der Waals surface area contributed by atoms with Crippen LogP contribution in [-0.4, -0.2) is 62.3 Å². The Morgan fingerprint density at radius 2 is 1.68 bits per heavy atom. The molecular weight excluding hydrogens is 358 g/mol. The van der Waals surface area contributed by atoms with Gasteiger partial charge in [-0.3, -0.25) is 14.4 Å². The molecule has 1 aliphatic heterocycles. The number of hydrogen-bond acceptors (Lipinski definition) is 5. The molecule has 0 aromatic heterocycles. The smallest absolute Gasteiger partial charge is 0.292 e. The zero-order valence-electron chi connectivity index (χ0n) is 15.8. The summed E-state index contributed by atoms with van der Waals surface area (Å²) in [5.74, 6) is -0.813. The van der Waals surface area contributed by atoms with E-state index in [-0.39, 0.29) is 12.5 Å². The lowest BCUT2D eigenvalue weighted by Crippen LogP contribution is -2.51. The Labute approximate surface area is 163 Å². The number of carbonyl (C=O) groups excluding carboxylic acids is 3. The lowest BCUT2D eigenvalue weighted by Gasteiger charge is -2.36. The summed E-state index contributed by atoms with van der Waals surface area (Å²) in [6.07, 6.45) is 0. The maximum Gasteiger partial charge on any atom is 0.292 e. The van der Waals surface area contributed by atoms with Gasteiger partial charge < -0.3 is 19.9 Å². The minimum absolute atomic E-state index is 0.184. The fraction of sp³-hybridized carbons (Fsp3) is 0.286. The zero-order valence-corrected chi connectivity index (χ0v) is 15.8. The fourth-order valence-electron chi connectivity index (χ4n) is 3.09. The van der Waals surface area contributed by atoms with E-state index in [4.69, 9.17) is 4.74 Å². The molecule has 146 valence electrons. The number of amides is 2. The van der Waals surface area contributed by atoms with E-state index in [2.05, 4.69) is 10.2 Å². The molecule has 0 unspecified atom stereocenters. The number of nitrogens with one attached hydrogen (secondary N) is 1. The van der Waals surface area contributed by atoms with E-state index in [9.17, 15) is 14.4 Å². The van der Waals surface area contributed by atoms with Crippen molar-refractivity contribution in [2.75, 3.05) is 44.7 Å². The first-order valence-electron chi connectivity index (χ1n) is 9.13. The first-order chi connectivity index (χ1) is 13.6. The maximum atomic E-state index is 12.4. The van der Waals surface area contributed by atoms with Crippen molar-refractivity contribution in [1.29, 1.82) is 0 Å². The van der Waals surface area contributed by atoms with Crippen LogP contribution in [0.3, 0.4) is 0 Å². The molecule has 0 aliphatic carbocycles. The highest BCUT2D eigenvalue weighted by Crippen LogP contribution is 2.22. The van der Waals surface area contributed by atoms with Gasteiger partial charge >= 0.3 is 0 Å². The molecule has 1 fully saturated rings. The van der Waals surface area contributed by atoms with E-state index in [1.165, 1.54) is 0 Å². The zero-order chi connectivity index (χ0) is 19.9. The van der Waals surface area contributed by atoms with Crippen LogP contribution in [-0.2, 0) is 9.59 Å². The summed E-state index contributed by atoms with van der Waals surface area (Å²) in [6.45, 7) is 2.30. The molecule has 7 heteroatoms. The van der Waals surface area contributed by atoms with Gasteiger partial charge in [-0.1, -0.05) is 36.4 Å².